The van der Waals surface area contributed by atoms with Crippen LogP contribution in [0.2, 0.25) is 0 Å². The van der Waals surface area contributed by atoms with Gasteiger partial charge in [0.15, 0.2) is 0 Å². The van der Waals surface area contributed by atoms with Crippen LogP contribution in [0.4, 0.5) is 17.6 Å². The Balaban J connectivity index is 1.70. The number of halogens is 4. The van der Waals surface area contributed by atoms with E-state index in [0.29, 0.717) is 22.0 Å². The molecule has 156 valence electrons. The number of H-pyrrole nitrogens is 1. The number of rotatable bonds is 3. The number of benzene rings is 3. The van der Waals surface area contributed by atoms with Gasteiger partial charge in [0, 0.05) is 17.1 Å². The van der Waals surface area contributed by atoms with E-state index in [1.807, 2.05) is 0 Å². The van der Waals surface area contributed by atoms with Gasteiger partial charge in [0.05, 0.1) is 22.9 Å². The van der Waals surface area contributed by atoms with Gasteiger partial charge >= 0.3 is 6.18 Å². The van der Waals surface area contributed by atoms with Crippen LogP contribution in [0.3, 0.4) is 0 Å². The third-order valence-electron chi connectivity index (χ3n) is 5.44. The highest BCUT2D eigenvalue weighted by molar-refractivity contribution is 5.85. The molecule has 5 rings (SSSR count). The Morgan fingerprint density at radius 2 is 1.68 bits per heavy atom. The summed E-state index contributed by atoms with van der Waals surface area (Å²) in [6.07, 6.45) is -2.04. The zero-order valence-electron chi connectivity index (χ0n) is 15.9. The van der Waals surface area contributed by atoms with Gasteiger partial charge in [-0.25, -0.2) is 9.07 Å². The summed E-state index contributed by atoms with van der Waals surface area (Å²) >= 11 is 0. The van der Waals surface area contributed by atoms with Crippen LogP contribution in [0.25, 0.3) is 27.5 Å². The zero-order chi connectivity index (χ0) is 21.8. The van der Waals surface area contributed by atoms with Gasteiger partial charge < -0.3 is 10.1 Å². The first-order chi connectivity index (χ1) is 14.8. The average molecular weight is 425 g/mol. The van der Waals surface area contributed by atoms with Gasteiger partial charge in [-0.3, -0.25) is 0 Å². The molecule has 0 aliphatic rings. The molecule has 0 aliphatic heterocycles. The second kappa shape index (κ2) is 6.68. The molecule has 2 N–H and O–H groups in total. The maximum atomic E-state index is 14.3. The summed E-state index contributed by atoms with van der Waals surface area (Å²) < 4.78 is 57.6. The number of alkyl halides is 3. The molecule has 0 saturated heterocycles. The first-order valence-electron chi connectivity index (χ1n) is 9.39. The highest BCUT2D eigenvalue weighted by atomic mass is 19.4. The van der Waals surface area contributed by atoms with Crippen molar-refractivity contribution in [2.75, 3.05) is 0 Å². The number of aromatic amines is 1. The molecule has 0 radical (unpaired) electrons. The van der Waals surface area contributed by atoms with Gasteiger partial charge in [0.2, 0.25) is 5.60 Å². The molecule has 3 aromatic carbocycles. The molecule has 5 aromatic rings. The van der Waals surface area contributed by atoms with Crippen LogP contribution in [0.15, 0.2) is 79.1 Å². The third-order valence-corrected chi connectivity index (χ3v) is 5.44. The lowest BCUT2D eigenvalue weighted by atomic mass is 9.84. The van der Waals surface area contributed by atoms with Gasteiger partial charge in [-0.1, -0.05) is 24.3 Å². The molecule has 4 nitrogen and oxygen atoms in total. The largest absolute Gasteiger partial charge is 0.425 e. The lowest BCUT2D eigenvalue weighted by Gasteiger charge is -2.32. The molecule has 0 amide bonds. The molecule has 2 aromatic heterocycles. The summed E-state index contributed by atoms with van der Waals surface area (Å²) in [5.41, 5.74) is -2.54. The number of aromatic nitrogens is 3. The second-order valence-electron chi connectivity index (χ2n) is 7.26. The Labute approximate surface area is 173 Å². The molecule has 0 bridgehead atoms. The number of nitrogens with zero attached hydrogens (tertiary/aromatic N) is 2. The number of hydrogen-bond acceptors (Lipinski definition) is 2. The molecule has 0 spiro atoms. The maximum Gasteiger partial charge on any atom is 0.425 e. The van der Waals surface area contributed by atoms with Gasteiger partial charge in [0.1, 0.15) is 5.82 Å². The fourth-order valence-corrected chi connectivity index (χ4v) is 3.90. The van der Waals surface area contributed by atoms with Crippen molar-refractivity contribution < 1.29 is 22.7 Å². The number of aliphatic hydroxyl groups is 1. The van der Waals surface area contributed by atoms with Crippen LogP contribution in [0.5, 0.6) is 0 Å². The molecule has 1 atom stereocenters. The average Bonchev–Trinajstić information content (AvgIpc) is 3.39. The van der Waals surface area contributed by atoms with Crippen molar-refractivity contribution in [2.45, 2.75) is 11.8 Å². The van der Waals surface area contributed by atoms with E-state index in [4.69, 9.17) is 0 Å². The predicted molar refractivity (Wildman–Crippen MR) is 108 cm³/mol. The number of hydrogen-bond donors (Lipinski definition) is 2. The fourth-order valence-electron chi connectivity index (χ4n) is 3.90. The van der Waals surface area contributed by atoms with Crippen molar-refractivity contribution in [3.8, 4) is 5.69 Å². The highest BCUT2D eigenvalue weighted by Gasteiger charge is 2.57. The fraction of sp³-hybridized carbons (Fsp3) is 0.0870. The lowest BCUT2D eigenvalue weighted by molar-refractivity contribution is -0.247. The molecule has 31 heavy (non-hydrogen) atoms. The SMILES string of the molecule is OC(c1ccc2c(cnn2-c2ccc(F)cc2)c1)(c1cccc2cc[nH]c12)C(F)(F)F. The Hall–Kier alpha value is -3.65. The smallest absolute Gasteiger partial charge is 0.372 e. The van der Waals surface area contributed by atoms with Crippen molar-refractivity contribution >= 4 is 21.8 Å². The number of fused-ring (bicyclic) bond motifs is 2. The molecular weight excluding hydrogens is 410 g/mol. The topological polar surface area (TPSA) is 53.8 Å². The summed E-state index contributed by atoms with van der Waals surface area (Å²) in [5.74, 6) is -0.406. The highest BCUT2D eigenvalue weighted by Crippen LogP contribution is 2.46. The van der Waals surface area contributed by atoms with Crippen molar-refractivity contribution in [1.82, 2.24) is 14.8 Å². The molecule has 1 unspecified atom stereocenters. The van der Waals surface area contributed by atoms with E-state index in [1.54, 1.807) is 12.1 Å². The first-order valence-corrected chi connectivity index (χ1v) is 9.39. The monoisotopic (exact) mass is 425 g/mol. The summed E-state index contributed by atoms with van der Waals surface area (Å²) in [6.45, 7) is 0. The first kappa shape index (κ1) is 19.3. The Kier molecular flexibility index (Phi) is 4.16. The van der Waals surface area contributed by atoms with E-state index < -0.39 is 17.6 Å². The van der Waals surface area contributed by atoms with Crippen LogP contribution >= 0.6 is 0 Å². The normalized spacial score (nSPS) is 14.2. The van der Waals surface area contributed by atoms with Crippen molar-refractivity contribution in [1.29, 1.82) is 0 Å². The molecule has 8 heteroatoms. The van der Waals surface area contributed by atoms with Crippen molar-refractivity contribution in [3.05, 3.63) is 96.1 Å². The van der Waals surface area contributed by atoms with Crippen LogP contribution in [0.1, 0.15) is 11.1 Å². The Bertz CT molecular complexity index is 1400. The van der Waals surface area contributed by atoms with Gasteiger partial charge in [0.25, 0.3) is 0 Å². The number of nitrogens with one attached hydrogen (secondary N) is 1. The summed E-state index contributed by atoms with van der Waals surface area (Å²) in [4.78, 5) is 2.80. The van der Waals surface area contributed by atoms with E-state index in [1.165, 1.54) is 71.7 Å². The maximum absolute atomic E-state index is 14.3. The zero-order valence-corrected chi connectivity index (χ0v) is 15.9. The summed E-state index contributed by atoms with van der Waals surface area (Å²) in [7, 11) is 0. The quantitative estimate of drug-likeness (QED) is 0.378. The standard InChI is InChI=1S/C23H15F4N3O/c24-17-5-7-18(8-6-17)30-20-9-4-16(12-15(20)13-29-30)22(31,23(25,26)27)19-3-1-2-14-10-11-28-21(14)19/h1-13,28,31H. The van der Waals surface area contributed by atoms with E-state index >= 15 is 0 Å². The summed E-state index contributed by atoms with van der Waals surface area (Å²) in [6, 6.07) is 15.6. The van der Waals surface area contributed by atoms with Crippen molar-refractivity contribution in [2.24, 2.45) is 0 Å². The van der Waals surface area contributed by atoms with Crippen LogP contribution in [-0.4, -0.2) is 26.0 Å². The van der Waals surface area contributed by atoms with E-state index in [0.717, 1.165) is 0 Å². The predicted octanol–water partition coefficient (Wildman–Crippen LogP) is 5.44. The minimum atomic E-state index is -4.98. The third kappa shape index (κ3) is 2.90. The van der Waals surface area contributed by atoms with Gasteiger partial charge in [-0.15, -0.1) is 0 Å². The van der Waals surface area contributed by atoms with Crippen LogP contribution < -0.4 is 0 Å². The molecule has 0 saturated carbocycles. The van der Waals surface area contributed by atoms with Gasteiger partial charge in [-0.2, -0.15) is 18.3 Å². The minimum Gasteiger partial charge on any atom is -0.372 e. The minimum absolute atomic E-state index is 0.212. The molecule has 2 heterocycles. The summed E-state index contributed by atoms with van der Waals surface area (Å²) in [5, 5.41) is 16.3. The lowest BCUT2D eigenvalue weighted by Crippen LogP contribution is -2.43. The van der Waals surface area contributed by atoms with E-state index in [9.17, 15) is 22.7 Å². The van der Waals surface area contributed by atoms with Crippen LogP contribution in [0, 0.1) is 5.82 Å². The van der Waals surface area contributed by atoms with Gasteiger partial charge in [-0.05, 0) is 53.4 Å². The van der Waals surface area contributed by atoms with Crippen molar-refractivity contribution in [3.63, 3.8) is 0 Å². The molecule has 0 aliphatic carbocycles. The Morgan fingerprint density at radius 3 is 2.42 bits per heavy atom. The van der Waals surface area contributed by atoms with E-state index in [-0.39, 0.29) is 16.6 Å². The van der Waals surface area contributed by atoms with E-state index in [2.05, 4.69) is 10.1 Å². The second-order valence-corrected chi connectivity index (χ2v) is 7.26. The Morgan fingerprint density at radius 1 is 0.903 bits per heavy atom. The van der Waals surface area contributed by atoms with Crippen LogP contribution in [-0.2, 0) is 5.60 Å². The molecule has 0 fully saturated rings. The molecular formula is C23H15F4N3O. The number of para-hydroxylation sites is 1.